The summed E-state index contributed by atoms with van der Waals surface area (Å²) in [6.07, 6.45) is -2.99. The Morgan fingerprint density at radius 1 is 0.529 bits per heavy atom. The Kier molecular flexibility index (Phi) is 29.0. The maximum atomic E-state index is 14.0. The Bertz CT molecular complexity index is 3710. The maximum absolute atomic E-state index is 14.0. The van der Waals surface area contributed by atoms with Crippen molar-refractivity contribution in [1.29, 1.82) is 10.5 Å². The lowest BCUT2D eigenvalue weighted by Crippen LogP contribution is -2.57. The molecular weight excluding hydrogens is 1370 g/mol. The first-order valence-electron chi connectivity index (χ1n) is 35.0. The van der Waals surface area contributed by atoms with Crippen LogP contribution in [0, 0.1) is 34.5 Å². The highest BCUT2D eigenvalue weighted by Crippen LogP contribution is 2.37. The highest BCUT2D eigenvalue weighted by atomic mass is 19.4. The summed E-state index contributed by atoms with van der Waals surface area (Å²) in [5, 5.41) is 46.7. The summed E-state index contributed by atoms with van der Waals surface area (Å²) in [6, 6.07) is 17.5. The van der Waals surface area contributed by atoms with Crippen LogP contribution in [0.1, 0.15) is 178 Å². The number of nitrogens with one attached hydrogen (secondary N) is 4. The summed E-state index contributed by atoms with van der Waals surface area (Å²) in [5.41, 5.74) is 1.47. The Balaban J connectivity index is 0.000000294. The minimum absolute atomic E-state index is 0.0292. The number of piperidine rings is 2. The van der Waals surface area contributed by atoms with Crippen LogP contribution in [0.15, 0.2) is 60.7 Å². The molecule has 564 valence electrons. The zero-order chi connectivity index (χ0) is 76.1. The molecule has 0 unspecified atom stereocenters. The molecule has 0 aliphatic carbocycles. The molecule has 8 rings (SSSR count). The third kappa shape index (κ3) is 25.8. The lowest BCUT2D eigenvalue weighted by molar-refractivity contribution is -0.160. The van der Waals surface area contributed by atoms with Crippen molar-refractivity contribution in [3.63, 3.8) is 0 Å². The number of hydrogen-bond donors (Lipinski definition) is 6. The van der Waals surface area contributed by atoms with E-state index in [1.807, 2.05) is 18.2 Å². The molecule has 6 heterocycles. The number of carbonyl (C=O) groups excluding carboxylic acids is 6. The summed E-state index contributed by atoms with van der Waals surface area (Å²) < 4.78 is 94.3. The van der Waals surface area contributed by atoms with Crippen molar-refractivity contribution in [2.75, 3.05) is 72.0 Å². The second-order valence-corrected chi connectivity index (χ2v) is 28.3. The van der Waals surface area contributed by atoms with Crippen molar-refractivity contribution in [3.8, 4) is 12.1 Å². The molecule has 6 N–H and O–H groups in total. The minimum Gasteiger partial charge on any atom is -0.481 e. The Morgan fingerprint density at radius 3 is 1.26 bits per heavy atom. The molecule has 0 spiro atoms. The number of alkyl halides is 6. The summed E-state index contributed by atoms with van der Waals surface area (Å²) in [6.45, 7) is 13.6. The van der Waals surface area contributed by atoms with E-state index in [1.54, 1.807) is 97.5 Å². The van der Waals surface area contributed by atoms with Crippen LogP contribution in [0.3, 0.4) is 0 Å². The number of carboxylic acid groups (broad SMARTS) is 2. The zero-order valence-electron chi connectivity index (χ0n) is 59.3. The van der Waals surface area contributed by atoms with E-state index in [2.05, 4.69) is 47.3 Å². The lowest BCUT2D eigenvalue weighted by atomic mass is 9.91. The molecule has 4 saturated heterocycles. The third-order valence-corrected chi connectivity index (χ3v) is 18.0. The van der Waals surface area contributed by atoms with E-state index >= 15 is 0 Å². The van der Waals surface area contributed by atoms with Crippen molar-refractivity contribution in [2.24, 2.45) is 11.8 Å². The van der Waals surface area contributed by atoms with Gasteiger partial charge in [0.05, 0.1) is 23.3 Å². The Labute approximate surface area is 600 Å². The minimum atomic E-state index is -4.79. The van der Waals surface area contributed by atoms with Crippen molar-refractivity contribution in [1.82, 2.24) is 41.2 Å². The standard InChI is InChI=1S/C40H54F3N7O6.C32H38F3N7O6/c1-38(2,3)55-34(52)15-14-29(36(54)56-39(4,5)6)46-33(51)9-7-8-26-17-21-49(22-18-26)31-24-32(48-37(47-31)40(41,42)43)50-23-19-30(50)35(53)45-20-16-27-10-12-28(25-44)13-11-27;33-32(34,35)31-39-25(41-15-11-20(12-16-41)2-1-3-27(43)38-23(30(47)48)8-9-28(44)45)18-26(40-31)42-17-13-24(42)29(46)37-14-10-21-4-6-22(19-36)7-5-21/h10-13,24,26,29-30H,7-9,14-23H2,1-6H3,(H,45,53)(H,46,51);4-7,18,20,23-24H,1-3,8-17H2,(H,37,46)(H,38,43)(H,44,45)(H,47,48)/t29-,30-;23-,24-/m00/s1. The Hall–Kier alpha value is -9.88. The van der Waals surface area contributed by atoms with Gasteiger partial charge in [-0.15, -0.1) is 0 Å². The van der Waals surface area contributed by atoms with Gasteiger partial charge in [0.25, 0.3) is 0 Å². The van der Waals surface area contributed by atoms with Crippen molar-refractivity contribution in [2.45, 2.75) is 205 Å². The SMILES string of the molecule is CC(C)(C)OC(=O)CC[C@H](NC(=O)CCCC1CCN(c2cc(N3CC[C@H]3C(=O)NCCc3ccc(C#N)cc3)nc(C(F)(F)F)n2)CC1)C(=O)OC(C)(C)C.N#Cc1ccc(CCNC(=O)[C@@H]2CCN2c2cc(N3CCC(CCCC(=O)N[C@@H](CCC(=O)O)C(=O)O)CC3)nc(C(F)(F)F)n2)cc1. The number of rotatable bonds is 30. The van der Waals surface area contributed by atoms with Gasteiger partial charge >= 0.3 is 36.2 Å². The molecule has 26 nitrogen and oxygen atoms in total. The molecule has 104 heavy (non-hydrogen) atoms. The molecule has 4 aromatic rings. The van der Waals surface area contributed by atoms with E-state index in [9.17, 15) is 69.8 Å². The molecular formula is C72H92F6N14O12. The number of anilines is 4. The van der Waals surface area contributed by atoms with Gasteiger partial charge in [0.15, 0.2) is 0 Å². The van der Waals surface area contributed by atoms with Gasteiger partial charge in [-0.1, -0.05) is 24.3 Å². The number of hydrogen-bond acceptors (Lipinski definition) is 20. The molecule has 4 aliphatic rings. The van der Waals surface area contributed by atoms with Gasteiger partial charge in [0.2, 0.25) is 35.3 Å². The Morgan fingerprint density at radius 2 is 0.913 bits per heavy atom. The van der Waals surface area contributed by atoms with Crippen LogP contribution >= 0.6 is 0 Å². The first kappa shape index (κ1) is 81.4. The topological polar surface area (TPSA) is 356 Å². The predicted octanol–water partition coefficient (Wildman–Crippen LogP) is 8.77. The number of nitriles is 2. The normalized spacial score (nSPS) is 17.1. The van der Waals surface area contributed by atoms with Crippen LogP contribution in [0.5, 0.6) is 0 Å². The van der Waals surface area contributed by atoms with Crippen molar-refractivity contribution in [3.05, 3.63) is 94.6 Å². The second-order valence-electron chi connectivity index (χ2n) is 28.3. The van der Waals surface area contributed by atoms with Gasteiger partial charge in [0, 0.05) is 90.2 Å². The van der Waals surface area contributed by atoms with Gasteiger partial charge < -0.3 is 60.6 Å². The average Bonchev–Trinajstić information content (AvgIpc) is 0.780. The van der Waals surface area contributed by atoms with E-state index in [1.165, 1.54) is 12.1 Å². The maximum Gasteiger partial charge on any atom is 0.451 e. The van der Waals surface area contributed by atoms with Gasteiger partial charge in [-0.3, -0.25) is 28.8 Å². The van der Waals surface area contributed by atoms with Crippen molar-refractivity contribution < 1.29 is 84.4 Å². The fourth-order valence-electron chi connectivity index (χ4n) is 12.3. The number of nitrogens with zero attached hydrogens (tertiary/aromatic N) is 10. The fraction of sp³-hybridized carbons (Fsp3) is 0.583. The molecule has 2 aromatic carbocycles. The van der Waals surface area contributed by atoms with Gasteiger partial charge in [-0.2, -0.15) is 36.9 Å². The molecule has 4 fully saturated rings. The molecule has 2 aromatic heterocycles. The number of esters is 2. The number of ether oxygens (including phenoxy) is 2. The van der Waals surface area contributed by atoms with E-state index < -0.39 is 89.2 Å². The van der Waals surface area contributed by atoms with Gasteiger partial charge in [0.1, 0.15) is 58.6 Å². The van der Waals surface area contributed by atoms with E-state index in [-0.39, 0.29) is 91.4 Å². The van der Waals surface area contributed by atoms with Crippen molar-refractivity contribution >= 4 is 70.8 Å². The number of aliphatic carboxylic acids is 2. The third-order valence-electron chi connectivity index (χ3n) is 18.0. The van der Waals surface area contributed by atoms with Crippen LogP contribution < -0.4 is 40.9 Å². The summed E-state index contributed by atoms with van der Waals surface area (Å²) in [5.74, 6) is -6.79. The number of halogens is 6. The molecule has 0 bridgehead atoms. The second kappa shape index (κ2) is 37.0. The molecule has 4 atom stereocenters. The van der Waals surface area contributed by atoms with E-state index in [0.29, 0.717) is 141 Å². The predicted molar refractivity (Wildman–Crippen MR) is 368 cm³/mol. The van der Waals surface area contributed by atoms with E-state index in [4.69, 9.17) is 25.1 Å². The monoisotopic (exact) mass is 1460 g/mol. The summed E-state index contributed by atoms with van der Waals surface area (Å²) in [7, 11) is 0. The van der Waals surface area contributed by atoms with Crippen LogP contribution in [0.2, 0.25) is 0 Å². The fourth-order valence-corrected chi connectivity index (χ4v) is 12.3. The zero-order valence-corrected chi connectivity index (χ0v) is 59.3. The number of carbonyl (C=O) groups is 8. The van der Waals surface area contributed by atoms with Crippen LogP contribution in [-0.2, 0) is 73.0 Å². The van der Waals surface area contributed by atoms with Crippen LogP contribution in [0.25, 0.3) is 0 Å². The summed E-state index contributed by atoms with van der Waals surface area (Å²) in [4.78, 5) is 120. The number of carboxylic acids is 2. The highest BCUT2D eigenvalue weighted by molar-refractivity contribution is 5.88. The highest BCUT2D eigenvalue weighted by Gasteiger charge is 2.43. The lowest BCUT2D eigenvalue weighted by Gasteiger charge is -2.41. The number of benzene rings is 2. The van der Waals surface area contributed by atoms with Crippen LogP contribution in [-0.4, -0.2) is 165 Å². The van der Waals surface area contributed by atoms with Gasteiger partial charge in [-0.05, 0) is 179 Å². The molecule has 4 amide bonds. The largest absolute Gasteiger partial charge is 0.481 e. The van der Waals surface area contributed by atoms with E-state index in [0.717, 1.165) is 11.1 Å². The first-order valence-corrected chi connectivity index (χ1v) is 35.0. The average molecular weight is 1460 g/mol. The molecule has 32 heteroatoms. The molecule has 0 saturated carbocycles. The molecule has 4 aliphatic heterocycles. The smallest absolute Gasteiger partial charge is 0.451 e. The number of amides is 4. The summed E-state index contributed by atoms with van der Waals surface area (Å²) >= 11 is 0. The van der Waals surface area contributed by atoms with Crippen LogP contribution in [0.4, 0.5) is 49.6 Å². The quantitative estimate of drug-likeness (QED) is 0.0210. The first-order chi connectivity index (χ1) is 49.0. The molecule has 0 radical (unpaired) electrons. The number of aromatic nitrogens is 4. The van der Waals surface area contributed by atoms with Gasteiger partial charge in [-0.25, -0.2) is 29.5 Å².